The molecule has 0 unspecified atom stereocenters. The van der Waals surface area contributed by atoms with Gasteiger partial charge >= 0.3 is 5.97 Å². The molecule has 0 N–H and O–H groups in total. The number of hydrogen-bond donors (Lipinski definition) is 0. The summed E-state index contributed by atoms with van der Waals surface area (Å²) in [6, 6.07) is 21.3. The van der Waals surface area contributed by atoms with Crippen molar-refractivity contribution in [2.24, 2.45) is 0 Å². The van der Waals surface area contributed by atoms with Crippen molar-refractivity contribution in [1.82, 2.24) is 0 Å². The lowest BCUT2D eigenvalue weighted by molar-refractivity contribution is 0.0724. The van der Waals surface area contributed by atoms with E-state index in [-0.39, 0.29) is 6.61 Å². The van der Waals surface area contributed by atoms with Crippen LogP contribution in [-0.4, -0.2) is 13.1 Å². The Morgan fingerprint density at radius 3 is 2.19 bits per heavy atom. The molecule has 0 amide bonds. The van der Waals surface area contributed by atoms with E-state index < -0.39 is 5.97 Å². The quantitative estimate of drug-likeness (QED) is 0.446. The van der Waals surface area contributed by atoms with Crippen molar-refractivity contribution in [2.45, 2.75) is 6.61 Å². The predicted octanol–water partition coefficient (Wildman–Crippen LogP) is 5.15. The van der Waals surface area contributed by atoms with Gasteiger partial charge in [0.1, 0.15) is 17.9 Å². The normalized spacial score (nSPS) is 10.2. The molecule has 132 valence electrons. The molecule has 3 aromatic carbocycles. The first-order valence-corrected chi connectivity index (χ1v) is 8.37. The molecule has 0 fully saturated rings. The number of carbonyl (C=O) groups excluding carboxylic acids is 1. The van der Waals surface area contributed by atoms with Crippen LogP contribution in [0.15, 0.2) is 72.8 Å². The van der Waals surface area contributed by atoms with Crippen molar-refractivity contribution in [1.29, 1.82) is 0 Å². The van der Waals surface area contributed by atoms with E-state index in [9.17, 15) is 4.79 Å². The molecule has 0 spiro atoms. The minimum absolute atomic E-state index is 0.249. The van der Waals surface area contributed by atoms with Crippen LogP contribution in [0.4, 0.5) is 0 Å². The first kappa shape index (κ1) is 17.8. The molecule has 4 nitrogen and oxygen atoms in total. The number of ether oxygens (including phenoxy) is 3. The van der Waals surface area contributed by atoms with E-state index >= 15 is 0 Å². The lowest BCUT2D eigenvalue weighted by Crippen LogP contribution is -2.11. The lowest BCUT2D eigenvalue weighted by Gasteiger charge is -2.13. The first-order chi connectivity index (χ1) is 12.7. The predicted molar refractivity (Wildman–Crippen MR) is 100 cm³/mol. The van der Waals surface area contributed by atoms with Crippen LogP contribution in [0.1, 0.15) is 15.9 Å². The smallest absolute Gasteiger partial charge is 0.347 e. The van der Waals surface area contributed by atoms with E-state index in [1.165, 1.54) is 7.11 Å². The van der Waals surface area contributed by atoms with Gasteiger partial charge in [0.2, 0.25) is 0 Å². The van der Waals surface area contributed by atoms with Crippen LogP contribution in [0.2, 0.25) is 5.02 Å². The summed E-state index contributed by atoms with van der Waals surface area (Å²) in [6.45, 7) is 0.249. The third-order valence-corrected chi connectivity index (χ3v) is 4.09. The Morgan fingerprint density at radius 2 is 1.46 bits per heavy atom. The van der Waals surface area contributed by atoms with Crippen molar-refractivity contribution in [2.75, 3.05) is 7.11 Å². The van der Waals surface area contributed by atoms with Crippen molar-refractivity contribution in [3.8, 4) is 17.2 Å². The second-order valence-electron chi connectivity index (χ2n) is 5.42. The third kappa shape index (κ3) is 4.16. The number of carbonyl (C=O) groups is 1. The van der Waals surface area contributed by atoms with Gasteiger partial charge in [0, 0.05) is 10.6 Å². The fraction of sp³-hybridized carbons (Fsp3) is 0.0952. The van der Waals surface area contributed by atoms with Gasteiger partial charge in [0.05, 0.1) is 7.11 Å². The lowest BCUT2D eigenvalue weighted by atomic mass is 10.2. The molecule has 0 aromatic heterocycles. The average Bonchev–Trinajstić information content (AvgIpc) is 2.68. The molecule has 3 rings (SSSR count). The van der Waals surface area contributed by atoms with Crippen molar-refractivity contribution in [3.05, 3.63) is 88.9 Å². The topological polar surface area (TPSA) is 44.8 Å². The van der Waals surface area contributed by atoms with E-state index in [4.69, 9.17) is 25.8 Å². The summed E-state index contributed by atoms with van der Waals surface area (Å²) in [7, 11) is 1.52. The standard InChI is InChI=1S/C21H17ClO4/c1-24-19-12-6-7-13-20(19)26-21(23)16-9-3-5-11-18(16)25-14-15-8-2-4-10-17(15)22/h2-13H,14H2,1H3. The number of benzene rings is 3. The summed E-state index contributed by atoms with van der Waals surface area (Å²) in [5, 5.41) is 0.613. The highest BCUT2D eigenvalue weighted by atomic mass is 35.5. The van der Waals surface area contributed by atoms with Gasteiger partial charge in [-0.1, -0.05) is 54.1 Å². The van der Waals surface area contributed by atoms with Gasteiger partial charge in [0.15, 0.2) is 11.5 Å². The fourth-order valence-electron chi connectivity index (χ4n) is 2.39. The minimum Gasteiger partial charge on any atom is -0.493 e. The van der Waals surface area contributed by atoms with Crippen molar-refractivity contribution >= 4 is 17.6 Å². The van der Waals surface area contributed by atoms with Crippen LogP contribution >= 0.6 is 11.6 Å². The molecular weight excluding hydrogens is 352 g/mol. The molecule has 0 aliphatic rings. The SMILES string of the molecule is COc1ccccc1OC(=O)c1ccccc1OCc1ccccc1Cl. The monoisotopic (exact) mass is 368 g/mol. The number of para-hydroxylation sites is 3. The summed E-state index contributed by atoms with van der Waals surface area (Å²) >= 11 is 6.15. The van der Waals surface area contributed by atoms with Gasteiger partial charge in [-0.3, -0.25) is 0 Å². The molecule has 26 heavy (non-hydrogen) atoms. The second-order valence-corrected chi connectivity index (χ2v) is 5.82. The first-order valence-electron chi connectivity index (χ1n) is 7.99. The Kier molecular flexibility index (Phi) is 5.77. The zero-order valence-corrected chi connectivity index (χ0v) is 14.9. The molecule has 0 aliphatic heterocycles. The van der Waals surface area contributed by atoms with Crippen LogP contribution in [0, 0.1) is 0 Å². The zero-order valence-electron chi connectivity index (χ0n) is 14.1. The summed E-state index contributed by atoms with van der Waals surface area (Å²) in [5.74, 6) is 0.729. The molecule has 0 radical (unpaired) electrons. The van der Waals surface area contributed by atoms with Gasteiger partial charge < -0.3 is 14.2 Å². The van der Waals surface area contributed by atoms with Gasteiger partial charge in [-0.15, -0.1) is 0 Å². The largest absolute Gasteiger partial charge is 0.493 e. The average molecular weight is 369 g/mol. The molecule has 3 aromatic rings. The van der Waals surface area contributed by atoms with Crippen LogP contribution < -0.4 is 14.2 Å². The van der Waals surface area contributed by atoms with E-state index in [1.807, 2.05) is 18.2 Å². The minimum atomic E-state index is -0.524. The summed E-state index contributed by atoms with van der Waals surface area (Å²) in [6.07, 6.45) is 0. The maximum atomic E-state index is 12.6. The Bertz CT molecular complexity index is 908. The van der Waals surface area contributed by atoms with Gasteiger partial charge in [-0.2, -0.15) is 0 Å². The molecule has 0 saturated carbocycles. The molecule has 0 aliphatic carbocycles. The van der Waals surface area contributed by atoms with Gasteiger partial charge in [0.25, 0.3) is 0 Å². The van der Waals surface area contributed by atoms with Gasteiger partial charge in [-0.05, 0) is 30.3 Å². The number of methoxy groups -OCH3 is 1. The van der Waals surface area contributed by atoms with E-state index in [0.717, 1.165) is 5.56 Å². The highest BCUT2D eigenvalue weighted by Crippen LogP contribution is 2.28. The Morgan fingerprint density at radius 1 is 0.846 bits per heavy atom. The maximum absolute atomic E-state index is 12.6. The number of esters is 1. The van der Waals surface area contributed by atoms with Crippen LogP contribution in [0.3, 0.4) is 0 Å². The van der Waals surface area contributed by atoms with E-state index in [1.54, 1.807) is 54.6 Å². The maximum Gasteiger partial charge on any atom is 0.347 e. The number of hydrogen-bond acceptors (Lipinski definition) is 4. The molecule has 5 heteroatoms. The van der Waals surface area contributed by atoms with Crippen molar-refractivity contribution < 1.29 is 19.0 Å². The third-order valence-electron chi connectivity index (χ3n) is 3.72. The van der Waals surface area contributed by atoms with E-state index in [2.05, 4.69) is 0 Å². The van der Waals surface area contributed by atoms with E-state index in [0.29, 0.717) is 27.8 Å². The summed E-state index contributed by atoms with van der Waals surface area (Å²) in [5.41, 5.74) is 1.16. The van der Waals surface area contributed by atoms with Crippen LogP contribution in [-0.2, 0) is 6.61 Å². The Labute approximate surface area is 156 Å². The van der Waals surface area contributed by atoms with Gasteiger partial charge in [-0.25, -0.2) is 4.79 Å². The van der Waals surface area contributed by atoms with Crippen LogP contribution in [0.25, 0.3) is 0 Å². The molecule has 0 heterocycles. The summed E-state index contributed by atoms with van der Waals surface area (Å²) in [4.78, 5) is 12.6. The Balaban J connectivity index is 1.78. The fourth-order valence-corrected chi connectivity index (χ4v) is 2.58. The summed E-state index contributed by atoms with van der Waals surface area (Å²) < 4.78 is 16.5. The molecular formula is C21H17ClO4. The zero-order chi connectivity index (χ0) is 18.4. The number of halogens is 1. The Hall–Kier alpha value is -2.98. The number of rotatable bonds is 6. The highest BCUT2D eigenvalue weighted by Gasteiger charge is 2.17. The molecule has 0 bridgehead atoms. The van der Waals surface area contributed by atoms with Crippen molar-refractivity contribution in [3.63, 3.8) is 0 Å². The van der Waals surface area contributed by atoms with Crippen LogP contribution in [0.5, 0.6) is 17.2 Å². The molecule has 0 saturated heterocycles. The molecule has 0 atom stereocenters. The highest BCUT2D eigenvalue weighted by molar-refractivity contribution is 6.31. The second kappa shape index (κ2) is 8.41.